The Labute approximate surface area is 80.3 Å². The van der Waals surface area contributed by atoms with E-state index in [-0.39, 0.29) is 0 Å². The zero-order chi connectivity index (χ0) is 9.68. The summed E-state index contributed by atoms with van der Waals surface area (Å²) in [7, 11) is 0. The maximum atomic E-state index is 5.51. The largest absolute Gasteiger partial charge is 0.465 e. The Hall–Kier alpha value is -0.760. The van der Waals surface area contributed by atoms with Gasteiger partial charge >= 0.3 is 0 Å². The van der Waals surface area contributed by atoms with Crippen LogP contribution < -0.4 is 5.32 Å². The van der Waals surface area contributed by atoms with E-state index in [2.05, 4.69) is 19.2 Å². The van der Waals surface area contributed by atoms with Crippen molar-refractivity contribution in [1.29, 1.82) is 0 Å². The highest BCUT2D eigenvalue weighted by Gasteiger charge is 2.07. The van der Waals surface area contributed by atoms with Gasteiger partial charge in [-0.2, -0.15) is 0 Å². The molecule has 1 aromatic rings. The van der Waals surface area contributed by atoms with Crippen molar-refractivity contribution in [2.75, 3.05) is 6.54 Å². The van der Waals surface area contributed by atoms with Gasteiger partial charge in [0.2, 0.25) is 0 Å². The summed E-state index contributed by atoms with van der Waals surface area (Å²) < 4.78 is 5.51. The molecule has 1 N–H and O–H groups in total. The Morgan fingerprint density at radius 2 is 2.23 bits per heavy atom. The van der Waals surface area contributed by atoms with Crippen LogP contribution in [0.4, 0.5) is 0 Å². The lowest BCUT2D eigenvalue weighted by atomic mass is 10.2. The van der Waals surface area contributed by atoms with E-state index < -0.39 is 0 Å². The quantitative estimate of drug-likeness (QED) is 0.706. The van der Waals surface area contributed by atoms with Crippen molar-refractivity contribution < 1.29 is 4.42 Å². The average Bonchev–Trinajstić information content (AvgIpc) is 2.52. The molecule has 0 radical (unpaired) electrons. The molecule has 1 rings (SSSR count). The zero-order valence-corrected chi connectivity index (χ0v) is 8.76. The minimum atomic E-state index is 0.334. The van der Waals surface area contributed by atoms with Crippen LogP contribution >= 0.6 is 0 Å². The monoisotopic (exact) mass is 181 g/mol. The van der Waals surface area contributed by atoms with Crippen LogP contribution in [0.15, 0.2) is 16.5 Å². The predicted molar refractivity (Wildman–Crippen MR) is 54.8 cm³/mol. The molecule has 74 valence electrons. The molecule has 2 heteroatoms. The molecule has 0 aliphatic rings. The minimum Gasteiger partial charge on any atom is -0.465 e. The topological polar surface area (TPSA) is 25.2 Å². The Bertz CT molecular complexity index is 242. The third-order valence-electron chi connectivity index (χ3n) is 2.17. The molecule has 0 amide bonds. The highest BCUT2D eigenvalue weighted by atomic mass is 16.3. The molecular weight excluding hydrogens is 162 g/mol. The summed E-state index contributed by atoms with van der Waals surface area (Å²) >= 11 is 0. The van der Waals surface area contributed by atoms with Crippen molar-refractivity contribution in [3.63, 3.8) is 0 Å². The van der Waals surface area contributed by atoms with Gasteiger partial charge in [0.1, 0.15) is 11.5 Å². The van der Waals surface area contributed by atoms with Gasteiger partial charge < -0.3 is 9.73 Å². The van der Waals surface area contributed by atoms with Crippen molar-refractivity contribution in [1.82, 2.24) is 5.32 Å². The second-order valence-electron chi connectivity index (χ2n) is 3.48. The van der Waals surface area contributed by atoms with Crippen molar-refractivity contribution in [2.45, 2.75) is 39.7 Å². The Balaban J connectivity index is 2.35. The molecule has 13 heavy (non-hydrogen) atoms. The van der Waals surface area contributed by atoms with Crippen LogP contribution in [0, 0.1) is 6.92 Å². The molecule has 0 bridgehead atoms. The van der Waals surface area contributed by atoms with Crippen LogP contribution in [0.1, 0.15) is 44.3 Å². The van der Waals surface area contributed by atoms with Gasteiger partial charge in [0.25, 0.3) is 0 Å². The van der Waals surface area contributed by atoms with Gasteiger partial charge in [-0.05, 0) is 38.9 Å². The number of hydrogen-bond donors (Lipinski definition) is 1. The number of rotatable bonds is 5. The molecule has 2 nitrogen and oxygen atoms in total. The summed E-state index contributed by atoms with van der Waals surface area (Å²) in [6.07, 6.45) is 2.46. The van der Waals surface area contributed by atoms with Crippen LogP contribution in [0.5, 0.6) is 0 Å². The van der Waals surface area contributed by atoms with E-state index >= 15 is 0 Å². The molecule has 0 saturated heterocycles. The normalized spacial score (nSPS) is 13.2. The van der Waals surface area contributed by atoms with Crippen molar-refractivity contribution in [2.24, 2.45) is 0 Å². The standard InChI is InChI=1S/C11H19NO/c1-4-5-8-12-10(3)11-7-6-9(2)13-11/h6-7,10,12H,4-5,8H2,1-3H3/t10-/m0/s1. The van der Waals surface area contributed by atoms with Crippen molar-refractivity contribution in [3.05, 3.63) is 23.7 Å². The smallest absolute Gasteiger partial charge is 0.120 e. The van der Waals surface area contributed by atoms with Crippen LogP contribution in [0.3, 0.4) is 0 Å². The van der Waals surface area contributed by atoms with Crippen LogP contribution in [0.2, 0.25) is 0 Å². The first-order valence-corrected chi connectivity index (χ1v) is 5.03. The average molecular weight is 181 g/mol. The van der Waals surface area contributed by atoms with E-state index in [0.29, 0.717) is 6.04 Å². The fraction of sp³-hybridized carbons (Fsp3) is 0.636. The van der Waals surface area contributed by atoms with E-state index in [0.717, 1.165) is 18.1 Å². The van der Waals surface area contributed by atoms with Crippen LogP contribution in [-0.4, -0.2) is 6.54 Å². The summed E-state index contributed by atoms with van der Waals surface area (Å²) in [5, 5.41) is 3.42. The van der Waals surface area contributed by atoms with E-state index in [1.54, 1.807) is 0 Å². The van der Waals surface area contributed by atoms with Gasteiger partial charge in [0, 0.05) is 0 Å². The lowest BCUT2D eigenvalue weighted by Gasteiger charge is -2.10. The minimum absolute atomic E-state index is 0.334. The maximum Gasteiger partial charge on any atom is 0.120 e. The molecule has 0 spiro atoms. The van der Waals surface area contributed by atoms with Crippen molar-refractivity contribution >= 4 is 0 Å². The highest BCUT2D eigenvalue weighted by Crippen LogP contribution is 2.15. The number of nitrogens with one attached hydrogen (secondary N) is 1. The summed E-state index contributed by atoms with van der Waals surface area (Å²) in [4.78, 5) is 0. The first-order chi connectivity index (χ1) is 6.24. The first kappa shape index (κ1) is 10.3. The second-order valence-corrected chi connectivity index (χ2v) is 3.48. The molecule has 1 atom stereocenters. The lowest BCUT2D eigenvalue weighted by Crippen LogP contribution is -2.19. The van der Waals surface area contributed by atoms with E-state index in [4.69, 9.17) is 4.42 Å². The van der Waals surface area contributed by atoms with Gasteiger partial charge in [-0.15, -0.1) is 0 Å². The number of furan rings is 1. The van der Waals surface area contributed by atoms with Crippen LogP contribution in [0.25, 0.3) is 0 Å². The van der Waals surface area contributed by atoms with Gasteiger partial charge in [-0.25, -0.2) is 0 Å². The summed E-state index contributed by atoms with van der Waals surface area (Å²) in [5.41, 5.74) is 0. The SMILES string of the molecule is CCCCN[C@@H](C)c1ccc(C)o1. The molecule has 0 fully saturated rings. The summed E-state index contributed by atoms with van der Waals surface area (Å²) in [6.45, 7) is 7.37. The Morgan fingerprint density at radius 3 is 2.77 bits per heavy atom. The Kier molecular flexibility index (Phi) is 4.03. The van der Waals surface area contributed by atoms with E-state index in [1.165, 1.54) is 12.8 Å². The summed E-state index contributed by atoms with van der Waals surface area (Å²) in [5.74, 6) is 2.02. The molecule has 0 aliphatic carbocycles. The molecule has 1 aromatic heterocycles. The van der Waals surface area contributed by atoms with Gasteiger partial charge in [-0.1, -0.05) is 13.3 Å². The Morgan fingerprint density at radius 1 is 1.46 bits per heavy atom. The molecule has 0 aromatic carbocycles. The van der Waals surface area contributed by atoms with Gasteiger partial charge in [0.05, 0.1) is 6.04 Å². The number of hydrogen-bond acceptors (Lipinski definition) is 2. The predicted octanol–water partition coefficient (Wildman–Crippen LogP) is 3.04. The van der Waals surface area contributed by atoms with Gasteiger partial charge in [-0.3, -0.25) is 0 Å². The third kappa shape index (κ3) is 3.23. The van der Waals surface area contributed by atoms with E-state index in [1.807, 2.05) is 19.1 Å². The molecule has 0 unspecified atom stereocenters. The lowest BCUT2D eigenvalue weighted by molar-refractivity contribution is 0.414. The fourth-order valence-electron chi connectivity index (χ4n) is 1.28. The summed E-state index contributed by atoms with van der Waals surface area (Å²) in [6, 6.07) is 4.38. The molecular formula is C11H19NO. The highest BCUT2D eigenvalue weighted by molar-refractivity contribution is 5.08. The fourth-order valence-corrected chi connectivity index (χ4v) is 1.28. The van der Waals surface area contributed by atoms with E-state index in [9.17, 15) is 0 Å². The zero-order valence-electron chi connectivity index (χ0n) is 8.76. The molecule has 1 heterocycles. The van der Waals surface area contributed by atoms with Crippen LogP contribution in [-0.2, 0) is 0 Å². The van der Waals surface area contributed by atoms with Crippen molar-refractivity contribution in [3.8, 4) is 0 Å². The van der Waals surface area contributed by atoms with Gasteiger partial charge in [0.15, 0.2) is 0 Å². The maximum absolute atomic E-state index is 5.51. The first-order valence-electron chi connectivity index (χ1n) is 5.03. The number of unbranched alkanes of at least 4 members (excludes halogenated alkanes) is 1. The second kappa shape index (κ2) is 5.07. The number of aryl methyl sites for hydroxylation is 1. The third-order valence-corrected chi connectivity index (χ3v) is 2.17. The molecule has 0 aliphatic heterocycles. The molecule has 0 saturated carbocycles.